The minimum absolute atomic E-state index is 0.00524. The Hall–Kier alpha value is -3.82. The van der Waals surface area contributed by atoms with Crippen molar-refractivity contribution in [2.45, 2.75) is 20.5 Å². The highest BCUT2D eigenvalue weighted by atomic mass is 19.3. The summed E-state index contributed by atoms with van der Waals surface area (Å²) in [5, 5.41) is 13.1. The highest BCUT2D eigenvalue weighted by molar-refractivity contribution is 6.09. The molecule has 30 heavy (non-hydrogen) atoms. The van der Waals surface area contributed by atoms with Crippen LogP contribution in [0.25, 0.3) is 5.69 Å². The first-order valence-corrected chi connectivity index (χ1v) is 8.92. The zero-order valence-electron chi connectivity index (χ0n) is 16.4. The van der Waals surface area contributed by atoms with Gasteiger partial charge in [0.05, 0.1) is 22.6 Å². The number of nitrogens with zero attached hydrogens (tertiary/aromatic N) is 3. The highest BCUT2D eigenvalue weighted by Gasteiger charge is 2.21. The van der Waals surface area contributed by atoms with Gasteiger partial charge in [0, 0.05) is 7.05 Å². The second-order valence-corrected chi connectivity index (χ2v) is 6.34. The van der Waals surface area contributed by atoms with Crippen molar-refractivity contribution in [1.82, 2.24) is 20.3 Å². The number of aromatic nitrogens is 3. The van der Waals surface area contributed by atoms with Crippen molar-refractivity contribution in [1.29, 1.82) is 0 Å². The van der Waals surface area contributed by atoms with E-state index in [0.717, 1.165) is 0 Å². The number of carbonyl (C=O) groups excluding carboxylic acids is 2. The van der Waals surface area contributed by atoms with E-state index >= 15 is 0 Å². The molecule has 8 nitrogen and oxygen atoms in total. The summed E-state index contributed by atoms with van der Waals surface area (Å²) in [6, 6.07) is 10.9. The Morgan fingerprint density at radius 2 is 1.77 bits per heavy atom. The molecule has 0 unspecified atom stereocenters. The molecule has 3 rings (SSSR count). The summed E-state index contributed by atoms with van der Waals surface area (Å²) >= 11 is 0. The van der Waals surface area contributed by atoms with Crippen LogP contribution in [0, 0.1) is 13.8 Å². The van der Waals surface area contributed by atoms with Crippen molar-refractivity contribution in [3.05, 3.63) is 65.0 Å². The zero-order chi connectivity index (χ0) is 21.8. The molecule has 3 aromatic rings. The highest BCUT2D eigenvalue weighted by Crippen LogP contribution is 2.22. The number of amides is 2. The quantitative estimate of drug-likeness (QED) is 0.645. The molecule has 0 aliphatic carbocycles. The third kappa shape index (κ3) is 4.27. The number of ether oxygens (including phenoxy) is 1. The molecular formula is C20H19F2N5O3. The number of halogens is 2. The van der Waals surface area contributed by atoms with Crippen molar-refractivity contribution in [2.75, 3.05) is 12.4 Å². The number of alkyl halides is 2. The Bertz CT molecular complexity index is 1080. The molecule has 0 saturated heterocycles. The Morgan fingerprint density at radius 1 is 1.07 bits per heavy atom. The first-order chi connectivity index (χ1) is 14.3. The second kappa shape index (κ2) is 8.68. The van der Waals surface area contributed by atoms with Gasteiger partial charge in [-0.3, -0.25) is 9.59 Å². The molecule has 2 amide bonds. The molecule has 0 saturated carbocycles. The minimum atomic E-state index is -2.92. The summed E-state index contributed by atoms with van der Waals surface area (Å²) < 4.78 is 30.3. The largest absolute Gasteiger partial charge is 0.435 e. The van der Waals surface area contributed by atoms with Crippen molar-refractivity contribution in [3.63, 3.8) is 0 Å². The molecule has 2 N–H and O–H groups in total. The lowest BCUT2D eigenvalue weighted by atomic mass is 10.1. The van der Waals surface area contributed by atoms with Crippen molar-refractivity contribution in [3.8, 4) is 11.4 Å². The van der Waals surface area contributed by atoms with Crippen LogP contribution in [0.4, 0.5) is 14.5 Å². The van der Waals surface area contributed by atoms with E-state index in [1.807, 2.05) is 0 Å². The number of anilines is 1. The van der Waals surface area contributed by atoms with Crippen LogP contribution >= 0.6 is 0 Å². The zero-order valence-corrected chi connectivity index (χ0v) is 16.4. The number of carbonyl (C=O) groups is 2. The second-order valence-electron chi connectivity index (χ2n) is 6.34. The molecule has 10 heteroatoms. The maximum absolute atomic E-state index is 12.8. The Morgan fingerprint density at radius 3 is 2.40 bits per heavy atom. The molecular weight excluding hydrogens is 396 g/mol. The van der Waals surface area contributed by atoms with Gasteiger partial charge in [0.25, 0.3) is 11.8 Å². The summed E-state index contributed by atoms with van der Waals surface area (Å²) in [6.07, 6.45) is 0. The molecule has 0 fully saturated rings. The molecule has 156 valence electrons. The smallest absolute Gasteiger partial charge is 0.387 e. The van der Waals surface area contributed by atoms with E-state index in [1.54, 1.807) is 32.0 Å². The van der Waals surface area contributed by atoms with Crippen LogP contribution in [-0.2, 0) is 0 Å². The molecule has 1 heterocycles. The summed E-state index contributed by atoms with van der Waals surface area (Å²) in [7, 11) is 1.51. The first kappa shape index (κ1) is 20.9. The van der Waals surface area contributed by atoms with Crippen LogP contribution in [0.2, 0.25) is 0 Å². The number of hydrogen-bond acceptors (Lipinski definition) is 5. The number of nitrogens with one attached hydrogen (secondary N) is 2. The maximum atomic E-state index is 12.8. The topological polar surface area (TPSA) is 98.1 Å². The van der Waals surface area contributed by atoms with E-state index in [1.165, 1.54) is 36.0 Å². The predicted molar refractivity (Wildman–Crippen MR) is 105 cm³/mol. The van der Waals surface area contributed by atoms with Gasteiger partial charge in [-0.1, -0.05) is 17.3 Å². The summed E-state index contributed by atoms with van der Waals surface area (Å²) in [5.41, 5.74) is 2.42. The van der Waals surface area contributed by atoms with Gasteiger partial charge < -0.3 is 15.4 Å². The fourth-order valence-corrected chi connectivity index (χ4v) is 2.93. The number of rotatable bonds is 6. The summed E-state index contributed by atoms with van der Waals surface area (Å²) in [5.74, 6) is -0.854. The van der Waals surface area contributed by atoms with E-state index in [4.69, 9.17) is 0 Å². The fraction of sp³-hybridized carbons (Fsp3) is 0.200. The van der Waals surface area contributed by atoms with Crippen LogP contribution in [0.3, 0.4) is 0 Å². The van der Waals surface area contributed by atoms with Crippen LogP contribution < -0.4 is 15.4 Å². The first-order valence-electron chi connectivity index (χ1n) is 8.92. The Kier molecular flexibility index (Phi) is 6.05. The van der Waals surface area contributed by atoms with E-state index in [0.29, 0.717) is 28.2 Å². The van der Waals surface area contributed by atoms with Gasteiger partial charge in [-0.15, -0.1) is 5.10 Å². The van der Waals surface area contributed by atoms with Crippen LogP contribution in [-0.4, -0.2) is 40.5 Å². The van der Waals surface area contributed by atoms with Crippen molar-refractivity contribution < 1.29 is 23.1 Å². The predicted octanol–water partition coefficient (Wildman–Crippen LogP) is 3.10. The molecule has 2 aromatic carbocycles. The third-order valence-corrected chi connectivity index (χ3v) is 4.39. The van der Waals surface area contributed by atoms with Gasteiger partial charge in [-0.2, -0.15) is 8.78 Å². The van der Waals surface area contributed by atoms with Crippen LogP contribution in [0.1, 0.15) is 32.1 Å². The average molecular weight is 415 g/mol. The van der Waals surface area contributed by atoms with Crippen LogP contribution in [0.15, 0.2) is 42.5 Å². The van der Waals surface area contributed by atoms with E-state index < -0.39 is 12.5 Å². The normalized spacial score (nSPS) is 10.7. The van der Waals surface area contributed by atoms with Gasteiger partial charge in [-0.05, 0) is 49.7 Å². The third-order valence-electron chi connectivity index (χ3n) is 4.39. The number of hydrogen-bond donors (Lipinski definition) is 2. The van der Waals surface area contributed by atoms with Gasteiger partial charge in [0.2, 0.25) is 0 Å². The molecule has 0 atom stereocenters. The summed E-state index contributed by atoms with van der Waals surface area (Å²) in [4.78, 5) is 24.9. The van der Waals surface area contributed by atoms with Gasteiger partial charge >= 0.3 is 6.61 Å². The van der Waals surface area contributed by atoms with E-state index in [-0.39, 0.29) is 17.4 Å². The van der Waals surface area contributed by atoms with Crippen molar-refractivity contribution >= 4 is 17.5 Å². The number of aryl methyl sites for hydroxylation is 1. The maximum Gasteiger partial charge on any atom is 0.387 e. The average Bonchev–Trinajstić information content (AvgIpc) is 3.09. The molecule has 0 radical (unpaired) electrons. The molecule has 0 aliphatic rings. The van der Waals surface area contributed by atoms with Gasteiger partial charge in [-0.25, -0.2) is 4.68 Å². The summed E-state index contributed by atoms with van der Waals surface area (Å²) in [6.45, 7) is 0.498. The molecule has 0 aliphatic heterocycles. The SMILES string of the molecule is CNC(=O)c1c(C)cccc1NC(=O)c1nnn(-c2ccc(OC(F)F)cc2)c1C. The van der Waals surface area contributed by atoms with Crippen molar-refractivity contribution in [2.24, 2.45) is 0 Å². The fourth-order valence-electron chi connectivity index (χ4n) is 2.93. The lowest BCUT2D eigenvalue weighted by Gasteiger charge is -2.12. The monoisotopic (exact) mass is 415 g/mol. The Labute approximate surface area is 170 Å². The van der Waals surface area contributed by atoms with E-state index in [2.05, 4.69) is 25.7 Å². The number of benzene rings is 2. The lowest BCUT2D eigenvalue weighted by molar-refractivity contribution is -0.0498. The molecule has 0 bridgehead atoms. The standard InChI is InChI=1S/C20H19F2N5O3/c1-11-5-4-6-15(16(11)18(28)23-3)24-19(29)17-12(2)27(26-25-17)13-7-9-14(10-8-13)30-20(21)22/h4-10,20H,1-3H3,(H,23,28)(H,24,29). The molecule has 0 spiro atoms. The van der Waals surface area contributed by atoms with Gasteiger partial charge in [0.1, 0.15) is 5.75 Å². The van der Waals surface area contributed by atoms with Gasteiger partial charge in [0.15, 0.2) is 5.69 Å². The van der Waals surface area contributed by atoms with E-state index in [9.17, 15) is 18.4 Å². The Balaban J connectivity index is 1.85. The minimum Gasteiger partial charge on any atom is -0.435 e. The molecule has 1 aromatic heterocycles. The lowest BCUT2D eigenvalue weighted by Crippen LogP contribution is -2.23. The van der Waals surface area contributed by atoms with Crippen LogP contribution in [0.5, 0.6) is 5.75 Å².